The molecule has 3 rings (SSSR count). The normalized spacial score (nSPS) is 9.42. The number of rotatable bonds is 3. The molecule has 2 aromatic heterocycles. The van der Waals surface area contributed by atoms with Gasteiger partial charge in [0.15, 0.2) is 5.78 Å². The number of hydrogen-bond donors (Lipinski definition) is 1. The molecule has 0 amide bonds. The molecule has 0 aliphatic heterocycles. The summed E-state index contributed by atoms with van der Waals surface area (Å²) in [4.78, 5) is 18.7. The highest BCUT2D eigenvalue weighted by Crippen LogP contribution is 2.31. The number of carbonyl (C=O) groups excluding carboxylic acids is 1. The van der Waals surface area contributed by atoms with Crippen molar-refractivity contribution < 1.29 is 13.9 Å². The third-order valence-corrected chi connectivity index (χ3v) is 2.94. The van der Waals surface area contributed by atoms with Crippen LogP contribution in [0.3, 0.4) is 0 Å². The number of hydrogen-bond acceptors (Lipinski definition) is 3. The molecule has 24 heavy (non-hydrogen) atoms. The minimum absolute atomic E-state index is 0.0895. The van der Waals surface area contributed by atoms with E-state index in [2.05, 4.69) is 9.97 Å². The van der Waals surface area contributed by atoms with Crippen LogP contribution in [0, 0.1) is 5.82 Å². The molecule has 0 fully saturated rings. The molecule has 4 nitrogen and oxygen atoms in total. The number of fused-ring (bicyclic) bond motifs is 1. The van der Waals surface area contributed by atoms with Crippen molar-refractivity contribution in [2.75, 3.05) is 0 Å². The Morgan fingerprint density at radius 3 is 2.50 bits per heavy atom. The van der Waals surface area contributed by atoms with Crippen molar-refractivity contribution in [3.8, 4) is 11.5 Å². The van der Waals surface area contributed by atoms with E-state index in [4.69, 9.17) is 4.74 Å². The third kappa shape index (κ3) is 4.41. The lowest BCUT2D eigenvalue weighted by Crippen LogP contribution is -1.93. The summed E-state index contributed by atoms with van der Waals surface area (Å²) in [6, 6.07) is 7.48. The average molecular weight is 330 g/mol. The molecule has 0 radical (unpaired) electrons. The van der Waals surface area contributed by atoms with Gasteiger partial charge in [-0.1, -0.05) is 33.8 Å². The zero-order valence-corrected chi connectivity index (χ0v) is 14.7. The number of pyridine rings is 1. The van der Waals surface area contributed by atoms with Crippen molar-refractivity contribution in [3.05, 3.63) is 54.1 Å². The third-order valence-electron chi connectivity index (χ3n) is 2.94. The number of halogens is 1. The number of H-pyrrole nitrogens is 1. The number of nitrogens with zero attached hydrogens (tertiary/aromatic N) is 1. The average Bonchev–Trinajstić information content (AvgIpc) is 3.04. The maximum absolute atomic E-state index is 13.2. The SMILES string of the molecule is CC.CC.CC(=O)c1c[nH]c2nccc(Oc3cccc(F)c3)c12. The Morgan fingerprint density at radius 1 is 1.17 bits per heavy atom. The number of aromatic amines is 1. The van der Waals surface area contributed by atoms with E-state index >= 15 is 0 Å². The number of aromatic nitrogens is 2. The Bertz CT molecular complexity index is 797. The molecule has 0 atom stereocenters. The van der Waals surface area contributed by atoms with Crippen molar-refractivity contribution in [1.82, 2.24) is 9.97 Å². The zero-order valence-electron chi connectivity index (χ0n) is 14.7. The molecular formula is C19H23FN2O2. The summed E-state index contributed by atoms with van der Waals surface area (Å²) in [6.07, 6.45) is 3.16. The van der Waals surface area contributed by atoms with Crippen LogP contribution in [0.5, 0.6) is 11.5 Å². The van der Waals surface area contributed by atoms with E-state index in [0.29, 0.717) is 28.1 Å². The van der Waals surface area contributed by atoms with Gasteiger partial charge in [-0.25, -0.2) is 9.37 Å². The van der Waals surface area contributed by atoms with Crippen molar-refractivity contribution in [3.63, 3.8) is 0 Å². The predicted molar refractivity (Wildman–Crippen MR) is 95.3 cm³/mol. The number of Topliss-reactive ketones (excluding diaryl/α,β-unsaturated/α-hetero) is 1. The van der Waals surface area contributed by atoms with Crippen LogP contribution in [0.25, 0.3) is 11.0 Å². The van der Waals surface area contributed by atoms with E-state index in [-0.39, 0.29) is 11.6 Å². The van der Waals surface area contributed by atoms with Crippen molar-refractivity contribution in [2.24, 2.45) is 0 Å². The van der Waals surface area contributed by atoms with Gasteiger partial charge < -0.3 is 9.72 Å². The van der Waals surface area contributed by atoms with Crippen molar-refractivity contribution >= 4 is 16.8 Å². The highest BCUT2D eigenvalue weighted by atomic mass is 19.1. The number of ketones is 1. The molecule has 0 spiro atoms. The van der Waals surface area contributed by atoms with E-state index in [1.807, 2.05) is 27.7 Å². The number of ether oxygens (including phenoxy) is 1. The molecule has 1 N–H and O–H groups in total. The standard InChI is InChI=1S/C15H11FN2O2.2C2H6/c1-9(19)12-8-18-15-14(12)13(5-6-17-15)20-11-4-2-3-10(16)7-11;2*1-2/h2-8H,1H3,(H,17,18);2*1-2H3. The van der Waals surface area contributed by atoms with Gasteiger partial charge >= 0.3 is 0 Å². The second-order valence-electron chi connectivity index (χ2n) is 4.35. The van der Waals surface area contributed by atoms with Crippen LogP contribution >= 0.6 is 0 Å². The molecule has 0 aliphatic rings. The summed E-state index contributed by atoms with van der Waals surface area (Å²) in [7, 11) is 0. The quantitative estimate of drug-likeness (QED) is 0.622. The summed E-state index contributed by atoms with van der Waals surface area (Å²) in [5, 5.41) is 0.601. The zero-order chi connectivity index (χ0) is 18.1. The first-order valence-corrected chi connectivity index (χ1v) is 8.05. The van der Waals surface area contributed by atoms with E-state index in [1.54, 1.807) is 30.6 Å². The van der Waals surface area contributed by atoms with E-state index in [1.165, 1.54) is 19.1 Å². The number of carbonyl (C=O) groups is 1. The van der Waals surface area contributed by atoms with Crippen LogP contribution in [0.2, 0.25) is 0 Å². The second kappa shape index (κ2) is 9.45. The van der Waals surface area contributed by atoms with Crippen LogP contribution < -0.4 is 4.74 Å². The molecule has 0 bridgehead atoms. The Kier molecular flexibility index (Phi) is 7.62. The van der Waals surface area contributed by atoms with Gasteiger partial charge in [-0.2, -0.15) is 0 Å². The molecule has 2 heterocycles. The fourth-order valence-corrected chi connectivity index (χ4v) is 2.05. The summed E-state index contributed by atoms with van der Waals surface area (Å²) in [5.74, 6) is 0.363. The Morgan fingerprint density at radius 2 is 1.88 bits per heavy atom. The van der Waals surface area contributed by atoms with E-state index < -0.39 is 0 Å². The van der Waals surface area contributed by atoms with Gasteiger partial charge in [-0.05, 0) is 25.1 Å². The molecule has 1 aromatic carbocycles. The Labute approximate surface area is 141 Å². The summed E-state index contributed by atoms with van der Waals surface area (Å²) in [5.41, 5.74) is 1.06. The summed E-state index contributed by atoms with van der Waals surface area (Å²) >= 11 is 0. The summed E-state index contributed by atoms with van der Waals surface area (Å²) in [6.45, 7) is 9.47. The van der Waals surface area contributed by atoms with Gasteiger partial charge in [0, 0.05) is 24.0 Å². The van der Waals surface area contributed by atoms with Crippen LogP contribution in [0.15, 0.2) is 42.7 Å². The maximum atomic E-state index is 13.2. The molecule has 5 heteroatoms. The van der Waals surface area contributed by atoms with Crippen molar-refractivity contribution in [1.29, 1.82) is 0 Å². The number of benzene rings is 1. The monoisotopic (exact) mass is 330 g/mol. The molecule has 0 aliphatic carbocycles. The number of nitrogens with one attached hydrogen (secondary N) is 1. The van der Waals surface area contributed by atoms with Gasteiger partial charge in [-0.3, -0.25) is 4.79 Å². The lowest BCUT2D eigenvalue weighted by atomic mass is 10.1. The molecular weight excluding hydrogens is 307 g/mol. The van der Waals surface area contributed by atoms with Gasteiger partial charge in [0.2, 0.25) is 0 Å². The molecule has 0 saturated carbocycles. The summed E-state index contributed by atoms with van der Waals surface area (Å²) < 4.78 is 18.8. The van der Waals surface area contributed by atoms with Gasteiger partial charge in [0.25, 0.3) is 0 Å². The molecule has 0 saturated heterocycles. The van der Waals surface area contributed by atoms with Gasteiger partial charge in [0.1, 0.15) is 23.0 Å². The van der Waals surface area contributed by atoms with Crippen molar-refractivity contribution in [2.45, 2.75) is 34.6 Å². The van der Waals surface area contributed by atoms with Crippen LogP contribution in [-0.4, -0.2) is 15.8 Å². The maximum Gasteiger partial charge on any atom is 0.162 e. The van der Waals surface area contributed by atoms with Crippen LogP contribution in [0.1, 0.15) is 45.0 Å². The highest BCUT2D eigenvalue weighted by molar-refractivity contribution is 6.08. The predicted octanol–water partition coefficient (Wildman–Crippen LogP) is 5.75. The largest absolute Gasteiger partial charge is 0.456 e. The minimum Gasteiger partial charge on any atom is -0.456 e. The first-order valence-electron chi connectivity index (χ1n) is 8.05. The Balaban J connectivity index is 0.000000671. The van der Waals surface area contributed by atoms with Gasteiger partial charge in [-0.15, -0.1) is 0 Å². The smallest absolute Gasteiger partial charge is 0.162 e. The lowest BCUT2D eigenvalue weighted by molar-refractivity contribution is 0.101. The topological polar surface area (TPSA) is 55.0 Å². The van der Waals surface area contributed by atoms with Crippen LogP contribution in [0.4, 0.5) is 4.39 Å². The van der Waals surface area contributed by atoms with Gasteiger partial charge in [0.05, 0.1) is 5.39 Å². The van der Waals surface area contributed by atoms with E-state index in [9.17, 15) is 9.18 Å². The first-order chi connectivity index (χ1) is 11.6. The molecule has 3 aromatic rings. The second-order valence-corrected chi connectivity index (χ2v) is 4.35. The van der Waals surface area contributed by atoms with E-state index in [0.717, 1.165) is 0 Å². The molecule has 128 valence electrons. The Hall–Kier alpha value is -2.69. The highest BCUT2D eigenvalue weighted by Gasteiger charge is 2.14. The lowest BCUT2D eigenvalue weighted by Gasteiger charge is -2.07. The first kappa shape index (κ1) is 19.4. The fraction of sp³-hybridized carbons (Fsp3) is 0.263. The minimum atomic E-state index is -0.381. The molecule has 0 unspecified atom stereocenters. The van der Waals surface area contributed by atoms with Crippen LogP contribution in [-0.2, 0) is 0 Å². The fourth-order valence-electron chi connectivity index (χ4n) is 2.05.